The fourth-order valence-corrected chi connectivity index (χ4v) is 7.62. The van der Waals surface area contributed by atoms with Crippen molar-refractivity contribution in [2.45, 2.75) is 29.7 Å². The zero-order valence-corrected chi connectivity index (χ0v) is 28.0. The van der Waals surface area contributed by atoms with Crippen molar-refractivity contribution >= 4 is 56.5 Å². The number of hydrogen-bond donors (Lipinski definition) is 1. The van der Waals surface area contributed by atoms with Gasteiger partial charge in [0.05, 0.1) is 18.2 Å². The molecule has 7 rings (SSSR count). The van der Waals surface area contributed by atoms with Crippen LogP contribution >= 0.6 is 23.1 Å². The van der Waals surface area contributed by atoms with Gasteiger partial charge in [0.15, 0.2) is 15.8 Å². The third-order valence-corrected chi connectivity index (χ3v) is 10.2. The molecule has 6 aromatic rings. The molecule has 1 fully saturated rings. The average Bonchev–Trinajstić information content (AvgIpc) is 3.72. The molecule has 1 aliphatic rings. The fraction of sp³-hybridized carbons (Fsp3) is 0.132. The van der Waals surface area contributed by atoms with E-state index in [0.717, 1.165) is 21.9 Å². The van der Waals surface area contributed by atoms with Crippen LogP contribution in [0.3, 0.4) is 0 Å². The molecule has 244 valence electrons. The summed E-state index contributed by atoms with van der Waals surface area (Å²) in [6.45, 7) is 2.54. The number of thioether (sulfide) groups is 1. The summed E-state index contributed by atoms with van der Waals surface area (Å²) >= 11 is 2.72. The molecule has 1 N–H and O–H groups in total. The number of fused-ring (bicyclic) bond motifs is 1. The van der Waals surface area contributed by atoms with Gasteiger partial charge in [0.2, 0.25) is 5.13 Å². The van der Waals surface area contributed by atoms with Gasteiger partial charge in [-0.25, -0.2) is 0 Å². The minimum Gasteiger partial charge on any atom is -0.507 e. The van der Waals surface area contributed by atoms with Crippen molar-refractivity contribution in [3.63, 3.8) is 0 Å². The van der Waals surface area contributed by atoms with E-state index in [1.807, 2.05) is 55.5 Å². The van der Waals surface area contributed by atoms with Crippen LogP contribution in [0.1, 0.15) is 35.2 Å². The number of anilines is 1. The monoisotopic (exact) mass is 686 g/mol. The summed E-state index contributed by atoms with van der Waals surface area (Å²) in [5.41, 5.74) is 2.96. The Morgan fingerprint density at radius 3 is 2.47 bits per heavy atom. The van der Waals surface area contributed by atoms with E-state index >= 15 is 0 Å². The molecule has 0 radical (unpaired) electrons. The molecule has 2 aromatic heterocycles. The van der Waals surface area contributed by atoms with Crippen LogP contribution in [-0.2, 0) is 21.9 Å². The molecule has 4 aromatic carbocycles. The van der Waals surface area contributed by atoms with Gasteiger partial charge in [-0.05, 0) is 58.7 Å². The van der Waals surface area contributed by atoms with Crippen LogP contribution in [-0.4, -0.2) is 38.6 Å². The summed E-state index contributed by atoms with van der Waals surface area (Å²) < 4.78 is 12.7. The lowest BCUT2D eigenvalue weighted by Crippen LogP contribution is -2.29. The Hall–Kier alpha value is -5.52. The van der Waals surface area contributed by atoms with E-state index in [4.69, 9.17) is 9.47 Å². The third-order valence-electron chi connectivity index (χ3n) is 8.05. The van der Waals surface area contributed by atoms with Gasteiger partial charge >= 0.3 is 5.91 Å². The van der Waals surface area contributed by atoms with Gasteiger partial charge in [0.25, 0.3) is 5.78 Å². The van der Waals surface area contributed by atoms with E-state index in [0.29, 0.717) is 45.9 Å². The first-order valence-electron chi connectivity index (χ1n) is 15.6. The number of pyridine rings is 1. The Labute approximate surface area is 290 Å². The first kappa shape index (κ1) is 32.0. The Balaban J connectivity index is 1.25. The number of carbonyl (C=O) groups is 2. The fourth-order valence-electron chi connectivity index (χ4n) is 5.74. The second-order valence-electron chi connectivity index (χ2n) is 11.1. The molecule has 0 saturated carbocycles. The number of rotatable bonds is 11. The number of ether oxygens (including phenoxy) is 2. The number of nitrogens with zero attached hydrogens (tertiary/aromatic N) is 4. The maximum atomic E-state index is 13.8. The van der Waals surface area contributed by atoms with Crippen molar-refractivity contribution in [1.82, 2.24) is 15.2 Å². The van der Waals surface area contributed by atoms with Crippen LogP contribution in [0, 0.1) is 0 Å². The first-order chi connectivity index (χ1) is 24.0. The highest BCUT2D eigenvalue weighted by molar-refractivity contribution is 8.00. The predicted molar refractivity (Wildman–Crippen MR) is 191 cm³/mol. The van der Waals surface area contributed by atoms with Gasteiger partial charge in [-0.2, -0.15) is 0 Å². The highest BCUT2D eigenvalue weighted by Gasteiger charge is 2.48. The normalized spacial score (nSPS) is 15.5. The standard InChI is InChI=1S/C38H30N4O5S2/c1-2-46-31-21-27(15-16-30(31)47-22-24-9-4-3-5-10-24)33-32(34(43)26-17-19-39-20-18-26)35(44)36(45)42(33)37-40-41-38(49-37)48-23-28-13-8-12-25-11-6-7-14-29(25)28/h3-21,33,43H,2,22-23H2,1H3/b34-32+. The number of Topliss-reactive ketones (excluding diaryl/α,β-unsaturated/α-hetero) is 1. The van der Waals surface area contributed by atoms with Crippen molar-refractivity contribution in [2.75, 3.05) is 11.5 Å². The largest absolute Gasteiger partial charge is 0.507 e. The van der Waals surface area contributed by atoms with Crippen molar-refractivity contribution < 1.29 is 24.2 Å². The lowest BCUT2D eigenvalue weighted by molar-refractivity contribution is -0.132. The number of benzene rings is 4. The van der Waals surface area contributed by atoms with Crippen LogP contribution in [0.4, 0.5) is 5.13 Å². The van der Waals surface area contributed by atoms with Crippen molar-refractivity contribution in [2.24, 2.45) is 0 Å². The molecule has 11 heteroatoms. The zero-order chi connectivity index (χ0) is 33.7. The van der Waals surface area contributed by atoms with Crippen LogP contribution < -0.4 is 14.4 Å². The SMILES string of the molecule is CCOc1cc(C2/C(=C(\O)c3ccncc3)C(=O)C(=O)N2c2nnc(SCc3cccc4ccccc34)s2)ccc1OCc1ccccc1. The van der Waals surface area contributed by atoms with Gasteiger partial charge in [-0.1, -0.05) is 102 Å². The average molecular weight is 687 g/mol. The van der Waals surface area contributed by atoms with Crippen LogP contribution in [0.15, 0.2) is 125 Å². The molecule has 1 aliphatic heterocycles. The van der Waals surface area contributed by atoms with Crippen molar-refractivity contribution in [3.05, 3.63) is 143 Å². The number of hydrogen-bond acceptors (Lipinski definition) is 10. The number of aliphatic hydroxyl groups excluding tert-OH is 1. The van der Waals surface area contributed by atoms with E-state index in [1.165, 1.54) is 40.4 Å². The molecule has 0 bridgehead atoms. The molecule has 3 heterocycles. The Morgan fingerprint density at radius 1 is 0.878 bits per heavy atom. The Kier molecular flexibility index (Phi) is 9.36. The molecule has 9 nitrogen and oxygen atoms in total. The molecular formula is C38H30N4O5S2. The minimum absolute atomic E-state index is 0.0724. The molecule has 1 atom stereocenters. The smallest absolute Gasteiger partial charge is 0.301 e. The molecule has 1 saturated heterocycles. The summed E-state index contributed by atoms with van der Waals surface area (Å²) in [6, 6.07) is 31.6. The summed E-state index contributed by atoms with van der Waals surface area (Å²) in [5, 5.41) is 22.8. The maximum absolute atomic E-state index is 13.8. The van der Waals surface area contributed by atoms with E-state index in [9.17, 15) is 14.7 Å². The summed E-state index contributed by atoms with van der Waals surface area (Å²) in [7, 11) is 0. The summed E-state index contributed by atoms with van der Waals surface area (Å²) in [6.07, 6.45) is 3.02. The first-order valence-corrected chi connectivity index (χ1v) is 17.4. The highest BCUT2D eigenvalue weighted by atomic mass is 32.2. The van der Waals surface area contributed by atoms with Gasteiger partial charge in [0, 0.05) is 23.7 Å². The van der Waals surface area contributed by atoms with Gasteiger partial charge in [-0.15, -0.1) is 10.2 Å². The highest BCUT2D eigenvalue weighted by Crippen LogP contribution is 2.46. The van der Waals surface area contributed by atoms with Gasteiger partial charge in [-0.3, -0.25) is 19.5 Å². The predicted octanol–water partition coefficient (Wildman–Crippen LogP) is 7.98. The number of aromatic nitrogens is 3. The lowest BCUT2D eigenvalue weighted by atomic mass is 9.95. The number of amides is 1. The summed E-state index contributed by atoms with van der Waals surface area (Å²) in [4.78, 5) is 32.9. The molecular weight excluding hydrogens is 657 g/mol. The minimum atomic E-state index is -1.01. The van der Waals surface area contributed by atoms with Crippen LogP contribution in [0.5, 0.6) is 11.5 Å². The van der Waals surface area contributed by atoms with Gasteiger partial charge in [0.1, 0.15) is 12.4 Å². The third kappa shape index (κ3) is 6.63. The maximum Gasteiger partial charge on any atom is 0.301 e. The van der Waals surface area contributed by atoms with Crippen LogP contribution in [0.25, 0.3) is 16.5 Å². The molecule has 49 heavy (non-hydrogen) atoms. The second-order valence-corrected chi connectivity index (χ2v) is 13.3. The number of carbonyl (C=O) groups excluding carboxylic acids is 2. The quantitative estimate of drug-likeness (QED) is 0.0476. The molecule has 0 spiro atoms. The topological polar surface area (TPSA) is 115 Å². The lowest BCUT2D eigenvalue weighted by Gasteiger charge is -2.23. The van der Waals surface area contributed by atoms with Crippen molar-refractivity contribution in [1.29, 1.82) is 0 Å². The zero-order valence-electron chi connectivity index (χ0n) is 26.4. The summed E-state index contributed by atoms with van der Waals surface area (Å²) in [5.74, 6) is -0.377. The second kappa shape index (κ2) is 14.3. The molecule has 1 unspecified atom stereocenters. The van der Waals surface area contributed by atoms with E-state index in [2.05, 4.69) is 39.4 Å². The Bertz CT molecular complexity index is 2170. The van der Waals surface area contributed by atoms with E-state index in [-0.39, 0.29) is 16.5 Å². The van der Waals surface area contributed by atoms with Crippen LogP contribution in [0.2, 0.25) is 0 Å². The van der Waals surface area contributed by atoms with Crippen molar-refractivity contribution in [3.8, 4) is 11.5 Å². The number of aliphatic hydroxyl groups is 1. The molecule has 0 aliphatic carbocycles. The number of ketones is 1. The van der Waals surface area contributed by atoms with E-state index in [1.54, 1.807) is 30.3 Å². The van der Waals surface area contributed by atoms with Gasteiger partial charge < -0.3 is 14.6 Å². The Morgan fingerprint density at radius 2 is 1.65 bits per heavy atom. The van der Waals surface area contributed by atoms with E-state index < -0.39 is 17.7 Å². The molecule has 1 amide bonds.